The molecular weight excluding hydrogens is 439 g/mol. The van der Waals surface area contributed by atoms with E-state index in [2.05, 4.69) is 109 Å². The van der Waals surface area contributed by atoms with Crippen molar-refractivity contribution in [3.05, 3.63) is 115 Å². The first-order valence-electron chi connectivity index (χ1n) is 11.0. The Morgan fingerprint density at radius 2 is 1.18 bits per heavy atom. The maximum absolute atomic E-state index is 6.50. The Balaban J connectivity index is 1.58. The smallest absolute Gasteiger partial charge is 0.143 e. The number of benzene rings is 5. The molecule has 7 aromatic rings. The Bertz CT molecular complexity index is 1660. The van der Waals surface area contributed by atoms with Gasteiger partial charge in [-0.05, 0) is 25.4 Å². The first-order valence-corrected chi connectivity index (χ1v) is 13.2. The van der Waals surface area contributed by atoms with Crippen LogP contribution in [0, 0.1) is 0 Å². The van der Waals surface area contributed by atoms with Crippen molar-refractivity contribution in [2.24, 2.45) is 0 Å². The number of fused-ring (bicyclic) bond motifs is 6. The molecule has 1 atom stereocenters. The second-order valence-electron chi connectivity index (χ2n) is 8.18. The SMILES string of the molecule is c1ccc([P@@](c2cccc3c2oc2ccccc23)c2cccc3c2sc2ccccc23)cc1. The van der Waals surface area contributed by atoms with Crippen LogP contribution in [0.15, 0.2) is 120 Å². The number of rotatable bonds is 3. The van der Waals surface area contributed by atoms with Crippen molar-refractivity contribution in [2.75, 3.05) is 0 Å². The summed E-state index contributed by atoms with van der Waals surface area (Å²) in [6.07, 6.45) is 0. The lowest BCUT2D eigenvalue weighted by molar-refractivity contribution is 0.671. The van der Waals surface area contributed by atoms with E-state index in [1.54, 1.807) is 0 Å². The standard InChI is InChI=1S/C30H19OPS/c1-2-10-20(11-3-1)32(26-17-8-14-23-21-12-4-6-16-25(21)31-29(23)26)27-18-9-15-24-22-13-5-7-19-28(22)33-30(24)27/h1-19H/t32-/m0/s1. The van der Waals surface area contributed by atoms with E-state index in [9.17, 15) is 0 Å². The molecular formula is C30H19OPS. The highest BCUT2D eigenvalue weighted by molar-refractivity contribution is 7.81. The zero-order valence-electron chi connectivity index (χ0n) is 17.7. The zero-order chi connectivity index (χ0) is 21.8. The fourth-order valence-corrected chi connectivity index (χ4v) is 8.78. The van der Waals surface area contributed by atoms with Gasteiger partial charge in [0.1, 0.15) is 11.2 Å². The molecule has 0 saturated carbocycles. The predicted molar refractivity (Wildman–Crippen MR) is 145 cm³/mol. The van der Waals surface area contributed by atoms with Crippen LogP contribution in [-0.2, 0) is 0 Å². The van der Waals surface area contributed by atoms with Crippen LogP contribution < -0.4 is 15.9 Å². The van der Waals surface area contributed by atoms with E-state index in [1.165, 1.54) is 46.9 Å². The molecule has 156 valence electrons. The fraction of sp³-hybridized carbons (Fsp3) is 0. The molecule has 0 amide bonds. The van der Waals surface area contributed by atoms with Crippen molar-refractivity contribution in [2.45, 2.75) is 0 Å². The number of para-hydroxylation sites is 2. The van der Waals surface area contributed by atoms with Crippen molar-refractivity contribution in [1.29, 1.82) is 0 Å². The summed E-state index contributed by atoms with van der Waals surface area (Å²) in [5, 5.41) is 9.05. The molecule has 0 unspecified atom stereocenters. The van der Waals surface area contributed by atoms with Crippen molar-refractivity contribution >= 4 is 77.3 Å². The highest BCUT2D eigenvalue weighted by Gasteiger charge is 2.24. The zero-order valence-corrected chi connectivity index (χ0v) is 19.4. The van der Waals surface area contributed by atoms with E-state index in [-0.39, 0.29) is 0 Å². The molecule has 0 spiro atoms. The number of furan rings is 1. The highest BCUT2D eigenvalue weighted by atomic mass is 32.1. The van der Waals surface area contributed by atoms with Crippen molar-refractivity contribution < 1.29 is 4.42 Å². The summed E-state index contributed by atoms with van der Waals surface area (Å²) in [5.41, 5.74) is 1.95. The highest BCUT2D eigenvalue weighted by Crippen LogP contribution is 2.43. The minimum atomic E-state index is -0.803. The largest absolute Gasteiger partial charge is 0.455 e. The van der Waals surface area contributed by atoms with Gasteiger partial charge in [-0.25, -0.2) is 0 Å². The van der Waals surface area contributed by atoms with E-state index in [0.29, 0.717) is 0 Å². The van der Waals surface area contributed by atoms with Gasteiger partial charge in [-0.3, -0.25) is 0 Å². The molecule has 0 aliphatic heterocycles. The summed E-state index contributed by atoms with van der Waals surface area (Å²) in [6, 6.07) is 41.4. The van der Waals surface area contributed by atoms with Crippen LogP contribution >= 0.6 is 19.3 Å². The Labute approximate surface area is 196 Å². The first kappa shape index (κ1) is 19.1. The maximum Gasteiger partial charge on any atom is 0.143 e. The van der Waals surface area contributed by atoms with Gasteiger partial charge in [0.15, 0.2) is 0 Å². The van der Waals surface area contributed by atoms with E-state index >= 15 is 0 Å². The summed E-state index contributed by atoms with van der Waals surface area (Å²) >= 11 is 1.90. The third-order valence-corrected chi connectivity index (χ3v) is 10.1. The van der Waals surface area contributed by atoms with Gasteiger partial charge in [-0.1, -0.05) is 103 Å². The minimum Gasteiger partial charge on any atom is -0.455 e. The third kappa shape index (κ3) is 2.95. The molecule has 0 bridgehead atoms. The van der Waals surface area contributed by atoms with Crippen molar-refractivity contribution in [3.63, 3.8) is 0 Å². The lowest BCUT2D eigenvalue weighted by Crippen LogP contribution is -2.21. The number of hydrogen-bond acceptors (Lipinski definition) is 2. The quantitative estimate of drug-likeness (QED) is 0.247. The van der Waals surface area contributed by atoms with Crippen LogP contribution in [0.1, 0.15) is 0 Å². The molecule has 2 heterocycles. The lowest BCUT2D eigenvalue weighted by Gasteiger charge is -2.20. The predicted octanol–water partition coefficient (Wildman–Crippen LogP) is 7.71. The molecule has 5 aromatic carbocycles. The Morgan fingerprint density at radius 1 is 0.515 bits per heavy atom. The van der Waals surface area contributed by atoms with Crippen molar-refractivity contribution in [3.8, 4) is 0 Å². The maximum atomic E-state index is 6.50. The Kier molecular flexibility index (Phi) is 4.36. The van der Waals surface area contributed by atoms with Crippen LogP contribution in [-0.4, -0.2) is 0 Å². The lowest BCUT2D eigenvalue weighted by atomic mass is 10.1. The molecule has 0 aliphatic carbocycles. The molecule has 33 heavy (non-hydrogen) atoms. The van der Waals surface area contributed by atoms with E-state index < -0.39 is 7.92 Å². The average Bonchev–Trinajstić information content (AvgIpc) is 3.44. The monoisotopic (exact) mass is 458 g/mol. The molecule has 3 heteroatoms. The average molecular weight is 459 g/mol. The summed E-state index contributed by atoms with van der Waals surface area (Å²) in [5.74, 6) is 0. The topological polar surface area (TPSA) is 13.1 Å². The Hall–Kier alpha value is -3.45. The van der Waals surface area contributed by atoms with Gasteiger partial charge in [0.25, 0.3) is 0 Å². The van der Waals surface area contributed by atoms with Crippen LogP contribution in [0.2, 0.25) is 0 Å². The molecule has 0 fully saturated rings. The van der Waals surface area contributed by atoms with Gasteiger partial charge < -0.3 is 4.42 Å². The van der Waals surface area contributed by atoms with Gasteiger partial charge >= 0.3 is 0 Å². The molecule has 7 rings (SSSR count). The fourth-order valence-electron chi connectivity index (χ4n) is 4.80. The third-order valence-electron chi connectivity index (χ3n) is 6.26. The van der Waals surface area contributed by atoms with Gasteiger partial charge in [0.2, 0.25) is 0 Å². The summed E-state index contributed by atoms with van der Waals surface area (Å²) in [7, 11) is -0.803. The van der Waals surface area contributed by atoms with Gasteiger partial charge in [-0.15, -0.1) is 11.3 Å². The van der Waals surface area contributed by atoms with Crippen LogP contribution in [0.25, 0.3) is 42.1 Å². The number of thiophene rings is 1. The minimum absolute atomic E-state index is 0.803. The van der Waals surface area contributed by atoms with E-state index in [4.69, 9.17) is 4.42 Å². The van der Waals surface area contributed by atoms with Crippen LogP contribution in [0.3, 0.4) is 0 Å². The molecule has 0 saturated heterocycles. The second-order valence-corrected chi connectivity index (χ2v) is 11.4. The molecule has 0 aliphatic rings. The van der Waals surface area contributed by atoms with E-state index in [0.717, 1.165) is 11.2 Å². The summed E-state index contributed by atoms with van der Waals surface area (Å²) < 4.78 is 9.21. The second kappa shape index (κ2) is 7.56. The molecule has 2 aromatic heterocycles. The van der Waals surface area contributed by atoms with Crippen LogP contribution in [0.5, 0.6) is 0 Å². The first-order chi connectivity index (χ1) is 16.4. The Morgan fingerprint density at radius 3 is 2.06 bits per heavy atom. The molecule has 0 radical (unpaired) electrons. The number of hydrogen-bond donors (Lipinski definition) is 0. The molecule has 1 nitrogen and oxygen atoms in total. The van der Waals surface area contributed by atoms with Crippen LogP contribution in [0.4, 0.5) is 0 Å². The molecule has 0 N–H and O–H groups in total. The van der Waals surface area contributed by atoms with E-state index in [1.807, 2.05) is 17.4 Å². The van der Waals surface area contributed by atoms with Gasteiger partial charge in [-0.2, -0.15) is 0 Å². The van der Waals surface area contributed by atoms with Crippen molar-refractivity contribution in [1.82, 2.24) is 0 Å². The van der Waals surface area contributed by atoms with Gasteiger partial charge in [0, 0.05) is 41.6 Å². The summed E-state index contributed by atoms with van der Waals surface area (Å²) in [6.45, 7) is 0. The normalized spacial score (nSPS) is 12.7. The van der Waals surface area contributed by atoms with Gasteiger partial charge in [0.05, 0.1) is 0 Å². The summed E-state index contributed by atoms with van der Waals surface area (Å²) in [4.78, 5) is 0.